The molecule has 28 heavy (non-hydrogen) atoms. The van der Waals surface area contributed by atoms with Crippen molar-refractivity contribution in [3.05, 3.63) is 61.1 Å². The third kappa shape index (κ3) is 4.02. The number of rotatable bonds is 7. The molecule has 0 bridgehead atoms. The Morgan fingerprint density at radius 1 is 1.32 bits per heavy atom. The molecule has 0 saturated heterocycles. The fourth-order valence-corrected chi connectivity index (χ4v) is 3.85. The van der Waals surface area contributed by atoms with Crippen LogP contribution < -0.4 is 9.64 Å². The molecular weight excluding hydrogens is 400 g/mol. The molecule has 0 aliphatic heterocycles. The van der Waals surface area contributed by atoms with Crippen molar-refractivity contribution in [3.63, 3.8) is 0 Å². The Morgan fingerprint density at radius 2 is 2.21 bits per heavy atom. The normalized spacial score (nSPS) is 10.6. The lowest BCUT2D eigenvalue weighted by Crippen LogP contribution is -2.32. The van der Waals surface area contributed by atoms with E-state index in [4.69, 9.17) is 9.15 Å². The van der Waals surface area contributed by atoms with Gasteiger partial charge < -0.3 is 13.7 Å². The van der Waals surface area contributed by atoms with Gasteiger partial charge in [0.25, 0.3) is 5.91 Å². The van der Waals surface area contributed by atoms with Gasteiger partial charge in [0.1, 0.15) is 11.3 Å². The van der Waals surface area contributed by atoms with Crippen molar-refractivity contribution in [1.82, 2.24) is 14.5 Å². The van der Waals surface area contributed by atoms with Crippen LogP contribution in [-0.2, 0) is 6.54 Å². The first kappa shape index (κ1) is 19.9. The topological polar surface area (TPSA) is 73.4 Å². The molecule has 0 atom stereocenters. The van der Waals surface area contributed by atoms with Gasteiger partial charge in [0.05, 0.1) is 24.4 Å². The maximum Gasteiger partial charge on any atom is 0.295 e. The second-order valence-electron chi connectivity index (χ2n) is 5.89. The van der Waals surface area contributed by atoms with Gasteiger partial charge in [0, 0.05) is 25.5 Å². The van der Waals surface area contributed by atoms with Crippen LogP contribution in [0.1, 0.15) is 17.0 Å². The monoisotopic (exact) mass is 418 g/mol. The van der Waals surface area contributed by atoms with Crippen LogP contribution in [0.3, 0.4) is 0 Å². The van der Waals surface area contributed by atoms with E-state index in [-0.39, 0.29) is 18.3 Å². The van der Waals surface area contributed by atoms with Crippen molar-refractivity contribution in [1.29, 1.82) is 0 Å². The fraction of sp³-hybridized carbons (Fsp3) is 0.211. The van der Waals surface area contributed by atoms with Crippen LogP contribution in [0.2, 0.25) is 0 Å². The van der Waals surface area contributed by atoms with Crippen LogP contribution in [0.4, 0.5) is 5.13 Å². The number of nitrogens with zero attached hydrogens (tertiary/aromatic N) is 4. The molecule has 0 aliphatic carbocycles. The molecule has 4 rings (SSSR count). The lowest BCUT2D eigenvalue weighted by molar-refractivity contribution is 0.0959. The highest BCUT2D eigenvalue weighted by molar-refractivity contribution is 7.22. The molecule has 4 aromatic rings. The van der Waals surface area contributed by atoms with Crippen molar-refractivity contribution >= 4 is 45.0 Å². The van der Waals surface area contributed by atoms with Gasteiger partial charge in [-0.1, -0.05) is 17.4 Å². The van der Waals surface area contributed by atoms with E-state index in [1.165, 1.54) is 17.6 Å². The van der Waals surface area contributed by atoms with Gasteiger partial charge in [-0.3, -0.25) is 9.69 Å². The number of fused-ring (bicyclic) bond motifs is 1. The van der Waals surface area contributed by atoms with Gasteiger partial charge in [-0.05, 0) is 30.7 Å². The summed E-state index contributed by atoms with van der Waals surface area (Å²) in [5.74, 6) is 0.784. The summed E-state index contributed by atoms with van der Waals surface area (Å²) in [5, 5.41) is 0.626. The maximum absolute atomic E-state index is 13.0. The van der Waals surface area contributed by atoms with Crippen molar-refractivity contribution in [2.45, 2.75) is 13.0 Å². The molecule has 1 amide bonds. The molecular formula is C19H19ClN4O3S. The number of furan rings is 1. The van der Waals surface area contributed by atoms with E-state index >= 15 is 0 Å². The Balaban J connectivity index is 0.00000225. The SMILES string of the molecule is COc1cccc2sc(N(CCCn3ccnc3)C(=O)c3ccco3)nc12.Cl. The number of para-hydroxylation sites is 1. The number of carbonyl (C=O) groups excluding carboxylic acids is 1. The van der Waals surface area contributed by atoms with Gasteiger partial charge in [0.2, 0.25) is 0 Å². The molecule has 0 fully saturated rings. The average Bonchev–Trinajstić information content (AvgIpc) is 3.45. The molecule has 9 heteroatoms. The number of carbonyl (C=O) groups is 1. The highest BCUT2D eigenvalue weighted by Crippen LogP contribution is 2.34. The summed E-state index contributed by atoms with van der Waals surface area (Å²) in [6.45, 7) is 1.27. The largest absolute Gasteiger partial charge is 0.494 e. The van der Waals surface area contributed by atoms with Crippen molar-refractivity contribution in [2.75, 3.05) is 18.6 Å². The number of aromatic nitrogens is 3. The number of methoxy groups -OCH3 is 1. The van der Waals surface area contributed by atoms with E-state index in [1.54, 1.807) is 36.7 Å². The molecule has 3 aromatic heterocycles. The number of aryl methyl sites for hydroxylation is 1. The number of benzene rings is 1. The zero-order chi connectivity index (χ0) is 18.6. The lowest BCUT2D eigenvalue weighted by atomic mass is 10.3. The first-order chi connectivity index (χ1) is 13.3. The second kappa shape index (κ2) is 8.90. The summed E-state index contributed by atoms with van der Waals surface area (Å²) in [4.78, 5) is 23.4. The zero-order valence-electron chi connectivity index (χ0n) is 15.1. The van der Waals surface area contributed by atoms with E-state index in [0.29, 0.717) is 23.2 Å². The minimum atomic E-state index is -0.205. The first-order valence-electron chi connectivity index (χ1n) is 8.51. The summed E-state index contributed by atoms with van der Waals surface area (Å²) < 4.78 is 13.7. The number of amides is 1. The summed E-state index contributed by atoms with van der Waals surface area (Å²) in [6.07, 6.45) is 7.67. The fourth-order valence-electron chi connectivity index (χ4n) is 2.84. The predicted octanol–water partition coefficient (Wildman–Crippen LogP) is 4.25. The van der Waals surface area contributed by atoms with Gasteiger partial charge in [-0.2, -0.15) is 0 Å². The zero-order valence-corrected chi connectivity index (χ0v) is 16.8. The van der Waals surface area contributed by atoms with Crippen LogP contribution in [0.25, 0.3) is 10.2 Å². The van der Waals surface area contributed by atoms with Crippen LogP contribution in [0.15, 0.2) is 59.7 Å². The number of hydrogen-bond acceptors (Lipinski definition) is 6. The summed E-state index contributed by atoms with van der Waals surface area (Å²) in [6, 6.07) is 9.13. The predicted molar refractivity (Wildman–Crippen MR) is 111 cm³/mol. The van der Waals surface area contributed by atoms with Crippen LogP contribution >= 0.6 is 23.7 Å². The van der Waals surface area contributed by atoms with E-state index in [0.717, 1.165) is 23.2 Å². The standard InChI is InChI=1S/C19H18N4O3S.ClH/c1-25-14-5-2-7-16-17(14)21-19(27-16)23(18(24)15-6-3-12-26-15)10-4-9-22-11-8-20-13-22;/h2-3,5-8,11-13H,4,9-10H2,1H3;1H. The molecule has 0 unspecified atom stereocenters. The van der Waals surface area contributed by atoms with Crippen molar-refractivity contribution in [3.8, 4) is 5.75 Å². The number of halogens is 1. The third-order valence-corrected chi connectivity index (χ3v) is 5.20. The van der Waals surface area contributed by atoms with Crippen molar-refractivity contribution in [2.24, 2.45) is 0 Å². The van der Waals surface area contributed by atoms with E-state index in [9.17, 15) is 4.79 Å². The highest BCUT2D eigenvalue weighted by Gasteiger charge is 2.23. The van der Waals surface area contributed by atoms with Gasteiger partial charge >= 0.3 is 0 Å². The molecule has 146 valence electrons. The molecule has 0 spiro atoms. The number of hydrogen-bond donors (Lipinski definition) is 0. The molecule has 0 N–H and O–H groups in total. The van der Waals surface area contributed by atoms with Crippen LogP contribution in [0.5, 0.6) is 5.75 Å². The minimum Gasteiger partial charge on any atom is -0.494 e. The summed E-state index contributed by atoms with van der Waals surface area (Å²) in [7, 11) is 1.62. The maximum atomic E-state index is 13.0. The third-order valence-electron chi connectivity index (χ3n) is 4.16. The number of thiazole rings is 1. The number of imidazole rings is 1. The summed E-state index contributed by atoms with van der Waals surface area (Å²) >= 11 is 1.46. The lowest BCUT2D eigenvalue weighted by Gasteiger charge is -2.18. The van der Waals surface area contributed by atoms with Crippen molar-refractivity contribution < 1.29 is 13.9 Å². The van der Waals surface area contributed by atoms with Gasteiger partial charge in [-0.25, -0.2) is 9.97 Å². The quantitative estimate of drug-likeness (QED) is 0.448. The van der Waals surface area contributed by atoms with Gasteiger partial charge in [-0.15, -0.1) is 12.4 Å². The second-order valence-corrected chi connectivity index (χ2v) is 6.90. The molecule has 1 aromatic carbocycles. The number of anilines is 1. The Hall–Kier alpha value is -2.84. The molecule has 0 aliphatic rings. The smallest absolute Gasteiger partial charge is 0.295 e. The highest BCUT2D eigenvalue weighted by atomic mass is 35.5. The molecule has 3 heterocycles. The van der Waals surface area contributed by atoms with Gasteiger partial charge in [0.15, 0.2) is 10.9 Å². The van der Waals surface area contributed by atoms with E-state index in [1.807, 2.05) is 29.0 Å². The van der Waals surface area contributed by atoms with Crippen LogP contribution in [0, 0.1) is 0 Å². The molecule has 7 nitrogen and oxygen atoms in total. The van der Waals surface area contributed by atoms with Crippen LogP contribution in [-0.4, -0.2) is 34.1 Å². The summed E-state index contributed by atoms with van der Waals surface area (Å²) in [5.41, 5.74) is 0.756. The average molecular weight is 419 g/mol. The molecule has 0 saturated carbocycles. The first-order valence-corrected chi connectivity index (χ1v) is 9.32. The molecule has 0 radical (unpaired) electrons. The van der Waals surface area contributed by atoms with E-state index in [2.05, 4.69) is 9.97 Å². The minimum absolute atomic E-state index is 0. The van der Waals surface area contributed by atoms with E-state index < -0.39 is 0 Å². The Labute approximate surface area is 172 Å². The Kier molecular flexibility index (Phi) is 6.33. The Morgan fingerprint density at radius 3 is 2.93 bits per heavy atom. The Bertz CT molecular complexity index is 1030. The number of ether oxygens (including phenoxy) is 1.